The number of hydrogen-bond acceptors (Lipinski definition) is 2. The summed E-state index contributed by atoms with van der Waals surface area (Å²) in [5.41, 5.74) is 1.34. The highest BCUT2D eigenvalue weighted by Crippen LogP contribution is 2.30. The molecule has 0 radical (unpaired) electrons. The highest BCUT2D eigenvalue weighted by Gasteiger charge is 2.14. The van der Waals surface area contributed by atoms with Crippen molar-refractivity contribution in [2.45, 2.75) is 12.5 Å². The summed E-state index contributed by atoms with van der Waals surface area (Å²) >= 11 is 3.31. The molecule has 2 rings (SSSR count). The molecule has 1 atom stereocenters. The number of halogens is 2. The second-order valence-electron chi connectivity index (χ2n) is 4.07. The Hall–Kier alpha value is -1.86. The predicted octanol–water partition coefficient (Wildman–Crippen LogP) is 4.66. The maximum absolute atomic E-state index is 13.8. The molecule has 0 aliphatic heterocycles. The fourth-order valence-corrected chi connectivity index (χ4v) is 2.30. The maximum Gasteiger partial charge on any atom is 0.147 e. The van der Waals surface area contributed by atoms with Crippen LogP contribution in [0, 0.1) is 17.1 Å². The minimum absolute atomic E-state index is 0.237. The van der Waals surface area contributed by atoms with Crippen molar-refractivity contribution in [1.82, 2.24) is 0 Å². The van der Waals surface area contributed by atoms with Crippen LogP contribution in [0.5, 0.6) is 0 Å². The summed E-state index contributed by atoms with van der Waals surface area (Å²) in [6.45, 7) is 0. The molecule has 19 heavy (non-hydrogen) atoms. The van der Waals surface area contributed by atoms with E-state index in [0.29, 0.717) is 10.2 Å². The van der Waals surface area contributed by atoms with Crippen molar-refractivity contribution in [3.05, 3.63) is 64.4 Å². The Morgan fingerprint density at radius 1 is 1.16 bits per heavy atom. The normalized spacial score (nSPS) is 11.6. The first-order chi connectivity index (χ1) is 9.22. The van der Waals surface area contributed by atoms with Gasteiger partial charge in [0.2, 0.25) is 0 Å². The Bertz CT molecular complexity index is 573. The van der Waals surface area contributed by atoms with E-state index in [4.69, 9.17) is 5.26 Å². The number of benzene rings is 2. The van der Waals surface area contributed by atoms with Crippen LogP contribution in [-0.2, 0) is 0 Å². The summed E-state index contributed by atoms with van der Waals surface area (Å²) in [6.07, 6.45) is 0.269. The van der Waals surface area contributed by atoms with Gasteiger partial charge in [0.15, 0.2) is 0 Å². The molecule has 0 aliphatic rings. The first kappa shape index (κ1) is 13.6. The van der Waals surface area contributed by atoms with Gasteiger partial charge in [0.1, 0.15) is 5.82 Å². The molecule has 96 valence electrons. The molecule has 0 fully saturated rings. The van der Waals surface area contributed by atoms with Crippen LogP contribution in [0.15, 0.2) is 53.0 Å². The number of nitrogens with zero attached hydrogens (tertiary/aromatic N) is 1. The standard InChI is InChI=1S/C15H12BrFN2/c16-12-7-4-8-13(17)15(12)19-14(9-10-18)11-5-2-1-3-6-11/h1-8,14,19H,9H2. The van der Waals surface area contributed by atoms with Crippen LogP contribution in [0.1, 0.15) is 18.0 Å². The molecule has 0 bridgehead atoms. The highest BCUT2D eigenvalue weighted by molar-refractivity contribution is 9.10. The van der Waals surface area contributed by atoms with Crippen molar-refractivity contribution in [3.63, 3.8) is 0 Å². The second kappa shape index (κ2) is 6.35. The molecular formula is C15H12BrFN2. The summed E-state index contributed by atoms with van der Waals surface area (Å²) in [7, 11) is 0. The molecule has 0 aliphatic carbocycles. The number of hydrogen-bond donors (Lipinski definition) is 1. The molecule has 4 heteroatoms. The van der Waals surface area contributed by atoms with Gasteiger partial charge >= 0.3 is 0 Å². The van der Waals surface area contributed by atoms with Crippen LogP contribution in [0.3, 0.4) is 0 Å². The van der Waals surface area contributed by atoms with E-state index in [9.17, 15) is 4.39 Å². The van der Waals surface area contributed by atoms with Crippen molar-refractivity contribution in [3.8, 4) is 6.07 Å². The zero-order valence-electron chi connectivity index (χ0n) is 10.1. The van der Waals surface area contributed by atoms with Crippen molar-refractivity contribution in [2.75, 3.05) is 5.32 Å². The molecule has 0 saturated carbocycles. The third-order valence-corrected chi connectivity index (χ3v) is 3.44. The fraction of sp³-hybridized carbons (Fsp3) is 0.133. The second-order valence-corrected chi connectivity index (χ2v) is 4.92. The van der Waals surface area contributed by atoms with Crippen LogP contribution < -0.4 is 5.32 Å². The molecule has 0 saturated heterocycles. The van der Waals surface area contributed by atoms with E-state index in [2.05, 4.69) is 27.3 Å². The lowest BCUT2D eigenvalue weighted by atomic mass is 10.0. The maximum atomic E-state index is 13.8. The molecule has 0 amide bonds. The molecule has 1 N–H and O–H groups in total. The molecule has 2 aromatic rings. The van der Waals surface area contributed by atoms with Crippen LogP contribution in [-0.4, -0.2) is 0 Å². The fourth-order valence-electron chi connectivity index (χ4n) is 1.84. The van der Waals surface area contributed by atoms with Gasteiger partial charge in [-0.05, 0) is 33.6 Å². The quantitative estimate of drug-likeness (QED) is 0.890. The first-order valence-corrected chi connectivity index (χ1v) is 6.64. The molecule has 0 aromatic heterocycles. The van der Waals surface area contributed by atoms with Crippen molar-refractivity contribution >= 4 is 21.6 Å². The topological polar surface area (TPSA) is 35.8 Å². The Balaban J connectivity index is 2.30. The van der Waals surface area contributed by atoms with E-state index >= 15 is 0 Å². The lowest BCUT2D eigenvalue weighted by molar-refractivity contribution is 0.625. The van der Waals surface area contributed by atoms with Gasteiger partial charge in [-0.15, -0.1) is 0 Å². The third-order valence-electron chi connectivity index (χ3n) is 2.78. The van der Waals surface area contributed by atoms with Crippen molar-refractivity contribution < 1.29 is 4.39 Å². The molecule has 1 unspecified atom stereocenters. The van der Waals surface area contributed by atoms with Crippen LogP contribution in [0.2, 0.25) is 0 Å². The largest absolute Gasteiger partial charge is 0.374 e. The van der Waals surface area contributed by atoms with E-state index in [1.807, 2.05) is 30.3 Å². The van der Waals surface area contributed by atoms with Gasteiger partial charge in [-0.3, -0.25) is 0 Å². The summed E-state index contributed by atoms with van der Waals surface area (Å²) in [6, 6.07) is 16.2. The molecule has 2 aromatic carbocycles. The van der Waals surface area contributed by atoms with Gasteiger partial charge in [-0.1, -0.05) is 36.4 Å². The smallest absolute Gasteiger partial charge is 0.147 e. The number of para-hydroxylation sites is 1. The Kier molecular flexibility index (Phi) is 4.53. The average Bonchev–Trinajstić information content (AvgIpc) is 2.43. The monoisotopic (exact) mass is 318 g/mol. The van der Waals surface area contributed by atoms with Crippen LogP contribution in [0.4, 0.5) is 10.1 Å². The molecule has 2 nitrogen and oxygen atoms in total. The zero-order valence-corrected chi connectivity index (χ0v) is 11.7. The summed E-state index contributed by atoms with van der Waals surface area (Å²) in [4.78, 5) is 0. The van der Waals surface area contributed by atoms with Gasteiger partial charge < -0.3 is 5.32 Å². The Morgan fingerprint density at radius 2 is 1.89 bits per heavy atom. The number of rotatable bonds is 4. The third kappa shape index (κ3) is 3.33. The minimum atomic E-state index is -0.340. The molecule has 0 heterocycles. The summed E-state index contributed by atoms with van der Waals surface area (Å²) in [5, 5.41) is 12.0. The van der Waals surface area contributed by atoms with Gasteiger partial charge in [0.05, 0.1) is 24.2 Å². The minimum Gasteiger partial charge on any atom is -0.374 e. The van der Waals surface area contributed by atoms with E-state index < -0.39 is 0 Å². The van der Waals surface area contributed by atoms with Gasteiger partial charge in [-0.2, -0.15) is 5.26 Å². The SMILES string of the molecule is N#CCC(Nc1c(F)cccc1Br)c1ccccc1. The van der Waals surface area contributed by atoms with Crippen molar-refractivity contribution in [2.24, 2.45) is 0 Å². The summed E-state index contributed by atoms with van der Waals surface area (Å²) in [5.74, 6) is -0.340. The Labute approximate surface area is 120 Å². The van der Waals surface area contributed by atoms with Gasteiger partial charge in [0, 0.05) is 4.47 Å². The van der Waals surface area contributed by atoms with Crippen LogP contribution in [0.25, 0.3) is 0 Å². The number of nitriles is 1. The molecule has 0 spiro atoms. The van der Waals surface area contributed by atoms with Gasteiger partial charge in [0.25, 0.3) is 0 Å². The number of anilines is 1. The van der Waals surface area contributed by atoms with Crippen LogP contribution >= 0.6 is 15.9 Å². The molecular weight excluding hydrogens is 307 g/mol. The highest BCUT2D eigenvalue weighted by atomic mass is 79.9. The first-order valence-electron chi connectivity index (χ1n) is 5.85. The van der Waals surface area contributed by atoms with Gasteiger partial charge in [-0.25, -0.2) is 4.39 Å². The van der Waals surface area contributed by atoms with E-state index in [-0.39, 0.29) is 18.3 Å². The summed E-state index contributed by atoms with van der Waals surface area (Å²) < 4.78 is 14.4. The van der Waals surface area contributed by atoms with E-state index in [1.54, 1.807) is 12.1 Å². The Morgan fingerprint density at radius 3 is 2.53 bits per heavy atom. The lowest BCUT2D eigenvalue weighted by Gasteiger charge is -2.19. The van der Waals surface area contributed by atoms with E-state index in [1.165, 1.54) is 6.07 Å². The number of nitrogens with one attached hydrogen (secondary N) is 1. The zero-order chi connectivity index (χ0) is 13.7. The van der Waals surface area contributed by atoms with E-state index in [0.717, 1.165) is 5.56 Å². The average molecular weight is 319 g/mol. The predicted molar refractivity (Wildman–Crippen MR) is 77.1 cm³/mol. The van der Waals surface area contributed by atoms with Crippen molar-refractivity contribution in [1.29, 1.82) is 5.26 Å². The lowest BCUT2D eigenvalue weighted by Crippen LogP contribution is -2.11.